The maximum absolute atomic E-state index is 14.9. The van der Waals surface area contributed by atoms with Crippen molar-refractivity contribution in [2.45, 2.75) is 44.2 Å². The van der Waals surface area contributed by atoms with Gasteiger partial charge in [0.15, 0.2) is 17.9 Å². The molecule has 2 heterocycles. The Kier molecular flexibility index (Phi) is 8.09. The van der Waals surface area contributed by atoms with Crippen molar-refractivity contribution < 1.29 is 28.1 Å². The standard InChI is InChI=1S/C26H28FN3O6/c1-18(31)35-22-23(34-15-20-10-6-3-7-11-20)26(16-27,17-33-14-19-8-4-2-5-9-19)36-24(22)30-13-12-21(28)29-25(30)32/h2-13,22-24H,14-17H2,1H3,(H2,28,29,32). The minimum Gasteiger partial charge on any atom is -0.455 e. The van der Waals surface area contributed by atoms with E-state index in [9.17, 15) is 14.0 Å². The quantitative estimate of drug-likeness (QED) is 0.425. The number of ether oxygens (including phenoxy) is 4. The second-order valence-corrected chi connectivity index (χ2v) is 8.52. The highest BCUT2D eigenvalue weighted by Gasteiger charge is 2.59. The summed E-state index contributed by atoms with van der Waals surface area (Å²) in [6, 6.07) is 20.0. The number of halogens is 1. The van der Waals surface area contributed by atoms with Crippen molar-refractivity contribution in [1.29, 1.82) is 0 Å². The summed E-state index contributed by atoms with van der Waals surface area (Å²) in [4.78, 5) is 28.4. The van der Waals surface area contributed by atoms with Gasteiger partial charge < -0.3 is 24.7 Å². The fourth-order valence-electron chi connectivity index (χ4n) is 4.15. The van der Waals surface area contributed by atoms with Crippen LogP contribution in [-0.2, 0) is 37.0 Å². The Labute approximate surface area is 207 Å². The van der Waals surface area contributed by atoms with Gasteiger partial charge in [-0.2, -0.15) is 4.98 Å². The summed E-state index contributed by atoms with van der Waals surface area (Å²) in [7, 11) is 0. The zero-order valence-electron chi connectivity index (χ0n) is 19.8. The molecule has 10 heteroatoms. The summed E-state index contributed by atoms with van der Waals surface area (Å²) < 4.78 is 39.7. The molecule has 0 amide bonds. The van der Waals surface area contributed by atoms with Crippen molar-refractivity contribution in [3.05, 3.63) is 94.5 Å². The molecule has 2 N–H and O–H groups in total. The minimum absolute atomic E-state index is 0.0121. The lowest BCUT2D eigenvalue weighted by Gasteiger charge is -2.32. The molecule has 4 unspecified atom stereocenters. The van der Waals surface area contributed by atoms with E-state index in [1.165, 1.54) is 19.2 Å². The zero-order valence-corrected chi connectivity index (χ0v) is 19.8. The first-order valence-electron chi connectivity index (χ1n) is 11.4. The number of nitrogens with two attached hydrogens (primary N) is 1. The number of aromatic nitrogens is 2. The van der Waals surface area contributed by atoms with Gasteiger partial charge in [0.05, 0.1) is 19.8 Å². The number of nitrogen functional groups attached to an aromatic ring is 1. The molecule has 4 rings (SSSR count). The molecule has 3 aromatic rings. The molecule has 9 nitrogen and oxygen atoms in total. The highest BCUT2D eigenvalue weighted by Crippen LogP contribution is 2.41. The Morgan fingerprint density at radius 3 is 2.31 bits per heavy atom. The molecule has 0 spiro atoms. The van der Waals surface area contributed by atoms with Crippen molar-refractivity contribution in [2.24, 2.45) is 0 Å². The molecule has 1 fully saturated rings. The Hall–Kier alpha value is -3.60. The van der Waals surface area contributed by atoms with E-state index >= 15 is 0 Å². The van der Waals surface area contributed by atoms with Crippen LogP contribution in [0.5, 0.6) is 0 Å². The summed E-state index contributed by atoms with van der Waals surface area (Å²) >= 11 is 0. The molecule has 0 aliphatic carbocycles. The monoisotopic (exact) mass is 497 g/mol. The average Bonchev–Trinajstić information content (AvgIpc) is 3.16. The lowest BCUT2D eigenvalue weighted by atomic mass is 9.96. The molecular formula is C26H28FN3O6. The fourth-order valence-corrected chi connectivity index (χ4v) is 4.15. The van der Waals surface area contributed by atoms with Gasteiger partial charge in [-0.1, -0.05) is 60.7 Å². The van der Waals surface area contributed by atoms with E-state index in [1.54, 1.807) is 0 Å². The van der Waals surface area contributed by atoms with E-state index in [1.807, 2.05) is 60.7 Å². The van der Waals surface area contributed by atoms with Crippen LogP contribution < -0.4 is 11.4 Å². The Balaban J connectivity index is 1.67. The first kappa shape index (κ1) is 25.5. The van der Waals surface area contributed by atoms with Gasteiger partial charge in [-0.05, 0) is 17.2 Å². The van der Waals surface area contributed by atoms with Gasteiger partial charge in [0.1, 0.15) is 18.6 Å². The molecular weight excluding hydrogens is 469 g/mol. The maximum Gasteiger partial charge on any atom is 0.351 e. The number of carbonyl (C=O) groups excluding carboxylic acids is 1. The first-order valence-corrected chi connectivity index (χ1v) is 11.4. The van der Waals surface area contributed by atoms with E-state index in [2.05, 4.69) is 4.98 Å². The van der Waals surface area contributed by atoms with Crippen LogP contribution in [0.3, 0.4) is 0 Å². The third-order valence-electron chi connectivity index (χ3n) is 5.84. The van der Waals surface area contributed by atoms with Crippen LogP contribution in [0.1, 0.15) is 24.3 Å². The minimum atomic E-state index is -1.67. The van der Waals surface area contributed by atoms with E-state index < -0.39 is 42.4 Å². The summed E-state index contributed by atoms with van der Waals surface area (Å²) in [6.45, 7) is 0.269. The summed E-state index contributed by atoms with van der Waals surface area (Å²) in [5.74, 6) is -0.628. The molecule has 190 valence electrons. The van der Waals surface area contributed by atoms with Gasteiger partial charge in [-0.25, -0.2) is 9.18 Å². The number of rotatable bonds is 10. The van der Waals surface area contributed by atoms with Gasteiger partial charge in [-0.3, -0.25) is 9.36 Å². The smallest absolute Gasteiger partial charge is 0.351 e. The number of carbonyl (C=O) groups is 1. The van der Waals surface area contributed by atoms with Crippen LogP contribution >= 0.6 is 0 Å². The van der Waals surface area contributed by atoms with E-state index in [-0.39, 0.29) is 25.6 Å². The largest absolute Gasteiger partial charge is 0.455 e. The Morgan fingerprint density at radius 1 is 1.08 bits per heavy atom. The fraction of sp³-hybridized carbons (Fsp3) is 0.346. The topological polar surface area (TPSA) is 115 Å². The van der Waals surface area contributed by atoms with Crippen LogP contribution in [0.25, 0.3) is 0 Å². The molecule has 0 saturated carbocycles. The summed E-state index contributed by atoms with van der Waals surface area (Å²) in [6.07, 6.45) is -2.12. The Bertz CT molecular complexity index is 1210. The summed E-state index contributed by atoms with van der Waals surface area (Å²) in [5.41, 5.74) is 4.93. The number of hydrogen-bond donors (Lipinski definition) is 1. The van der Waals surface area contributed by atoms with Gasteiger partial charge in [0, 0.05) is 13.1 Å². The SMILES string of the molecule is CC(=O)OC1C(n2ccc(N)nc2=O)OC(CF)(COCc2ccccc2)C1OCc1ccccc1. The number of alkyl halides is 1. The van der Waals surface area contributed by atoms with Crippen LogP contribution in [0.15, 0.2) is 77.7 Å². The van der Waals surface area contributed by atoms with E-state index in [0.29, 0.717) is 0 Å². The molecule has 1 aliphatic rings. The average molecular weight is 498 g/mol. The van der Waals surface area contributed by atoms with E-state index in [0.717, 1.165) is 15.7 Å². The predicted molar refractivity (Wildman–Crippen MR) is 128 cm³/mol. The first-order chi connectivity index (χ1) is 17.4. The van der Waals surface area contributed by atoms with Gasteiger partial charge in [0.25, 0.3) is 0 Å². The lowest BCUT2D eigenvalue weighted by Crippen LogP contribution is -2.51. The third-order valence-corrected chi connectivity index (χ3v) is 5.84. The number of nitrogens with zero attached hydrogens (tertiary/aromatic N) is 2. The number of benzene rings is 2. The molecule has 0 bridgehead atoms. The van der Waals surface area contributed by atoms with Crippen LogP contribution in [-0.4, -0.2) is 46.6 Å². The molecule has 4 atom stereocenters. The highest BCUT2D eigenvalue weighted by molar-refractivity contribution is 5.66. The molecule has 2 aromatic carbocycles. The number of esters is 1. The molecule has 1 aromatic heterocycles. The highest BCUT2D eigenvalue weighted by atomic mass is 19.1. The van der Waals surface area contributed by atoms with Crippen LogP contribution in [0.2, 0.25) is 0 Å². The van der Waals surface area contributed by atoms with Crippen LogP contribution in [0.4, 0.5) is 10.2 Å². The number of anilines is 1. The maximum atomic E-state index is 14.9. The zero-order chi connectivity index (χ0) is 25.5. The molecule has 36 heavy (non-hydrogen) atoms. The van der Waals surface area contributed by atoms with Crippen molar-refractivity contribution in [2.75, 3.05) is 19.0 Å². The van der Waals surface area contributed by atoms with Crippen molar-refractivity contribution in [3.8, 4) is 0 Å². The summed E-state index contributed by atoms with van der Waals surface area (Å²) in [5, 5.41) is 0. The normalized spacial score (nSPS) is 23.4. The van der Waals surface area contributed by atoms with E-state index in [4.69, 9.17) is 24.7 Å². The lowest BCUT2D eigenvalue weighted by molar-refractivity contribution is -0.166. The molecule has 1 saturated heterocycles. The second kappa shape index (κ2) is 11.4. The van der Waals surface area contributed by atoms with Crippen molar-refractivity contribution in [1.82, 2.24) is 9.55 Å². The second-order valence-electron chi connectivity index (χ2n) is 8.52. The van der Waals surface area contributed by atoms with Crippen molar-refractivity contribution >= 4 is 11.8 Å². The van der Waals surface area contributed by atoms with Gasteiger partial charge in [0.2, 0.25) is 0 Å². The van der Waals surface area contributed by atoms with Gasteiger partial charge in [-0.15, -0.1) is 0 Å². The molecule has 0 radical (unpaired) electrons. The van der Waals surface area contributed by atoms with Gasteiger partial charge >= 0.3 is 11.7 Å². The predicted octanol–water partition coefficient (Wildman–Crippen LogP) is 2.80. The third kappa shape index (κ3) is 5.78. The number of hydrogen-bond acceptors (Lipinski definition) is 8. The van der Waals surface area contributed by atoms with Crippen LogP contribution in [0, 0.1) is 0 Å². The Morgan fingerprint density at radius 2 is 1.72 bits per heavy atom. The van der Waals surface area contributed by atoms with Crippen molar-refractivity contribution in [3.63, 3.8) is 0 Å². The molecule has 1 aliphatic heterocycles.